The van der Waals surface area contributed by atoms with Crippen LogP contribution in [0.25, 0.3) is 6.08 Å². The lowest BCUT2D eigenvalue weighted by atomic mass is 9.69. The summed E-state index contributed by atoms with van der Waals surface area (Å²) in [6.07, 6.45) is 3.85. The van der Waals surface area contributed by atoms with Crippen LogP contribution in [0, 0.1) is 17.8 Å². The summed E-state index contributed by atoms with van der Waals surface area (Å²) in [5.41, 5.74) is 4.00. The zero-order chi connectivity index (χ0) is 23.8. The summed E-state index contributed by atoms with van der Waals surface area (Å²) in [5.74, 6) is -0.938. The summed E-state index contributed by atoms with van der Waals surface area (Å²) >= 11 is 1.54. The molecular formula is C27H29NO5S. The zero-order valence-corrected chi connectivity index (χ0v) is 20.0. The molecule has 6 nitrogen and oxygen atoms in total. The SMILES string of the molecule is C/C(=C\c1cccc(O)c1)CC[C@H]1OC[C@H]2C1=C(CO)C[C@H]1C(=O)N(Cc3cccs3)C(=O)[C@H]12. The highest BCUT2D eigenvalue weighted by molar-refractivity contribution is 7.09. The molecule has 3 heterocycles. The fourth-order valence-corrected chi connectivity index (χ4v) is 6.42. The second-order valence-corrected chi connectivity index (χ2v) is 10.5. The Balaban J connectivity index is 1.32. The summed E-state index contributed by atoms with van der Waals surface area (Å²) in [6, 6.07) is 11.0. The van der Waals surface area contributed by atoms with Gasteiger partial charge in [0.2, 0.25) is 11.8 Å². The van der Waals surface area contributed by atoms with Gasteiger partial charge in [0.25, 0.3) is 0 Å². The lowest BCUT2D eigenvalue weighted by molar-refractivity contribution is -0.140. The molecule has 7 heteroatoms. The van der Waals surface area contributed by atoms with Gasteiger partial charge in [0.15, 0.2) is 0 Å². The third-order valence-electron chi connectivity index (χ3n) is 7.27. The number of phenols is 1. The number of phenolic OH excluding ortho intramolecular Hbond substituents is 1. The average Bonchev–Trinajstić information content (AvgIpc) is 3.53. The summed E-state index contributed by atoms with van der Waals surface area (Å²) in [4.78, 5) is 28.9. The average molecular weight is 480 g/mol. The number of imide groups is 1. The van der Waals surface area contributed by atoms with E-state index in [1.54, 1.807) is 23.5 Å². The Morgan fingerprint density at radius 3 is 2.79 bits per heavy atom. The van der Waals surface area contributed by atoms with E-state index in [1.807, 2.05) is 35.7 Å². The van der Waals surface area contributed by atoms with Gasteiger partial charge in [0, 0.05) is 10.8 Å². The Kier molecular flexibility index (Phi) is 6.42. The molecule has 0 radical (unpaired) electrons. The van der Waals surface area contributed by atoms with Gasteiger partial charge < -0.3 is 14.9 Å². The molecule has 4 atom stereocenters. The van der Waals surface area contributed by atoms with Gasteiger partial charge in [-0.05, 0) is 66.5 Å². The van der Waals surface area contributed by atoms with Crippen LogP contribution in [0.15, 0.2) is 58.5 Å². The number of hydrogen-bond acceptors (Lipinski definition) is 6. The van der Waals surface area contributed by atoms with Gasteiger partial charge in [-0.3, -0.25) is 14.5 Å². The van der Waals surface area contributed by atoms with E-state index in [0.717, 1.165) is 40.0 Å². The number of carbonyl (C=O) groups excluding carboxylic acids is 2. The number of hydrogen-bond donors (Lipinski definition) is 2. The maximum atomic E-state index is 13.4. The van der Waals surface area contributed by atoms with Gasteiger partial charge in [-0.2, -0.15) is 0 Å². The number of allylic oxidation sites excluding steroid dienone is 1. The number of benzene rings is 1. The topological polar surface area (TPSA) is 87.1 Å². The van der Waals surface area contributed by atoms with Crippen LogP contribution in [-0.2, 0) is 20.9 Å². The van der Waals surface area contributed by atoms with Crippen LogP contribution in [0.2, 0.25) is 0 Å². The number of fused-ring (bicyclic) bond motifs is 3. The molecule has 0 saturated carbocycles. The van der Waals surface area contributed by atoms with E-state index in [1.165, 1.54) is 4.90 Å². The largest absolute Gasteiger partial charge is 0.508 e. The lowest BCUT2D eigenvalue weighted by Gasteiger charge is -2.31. The van der Waals surface area contributed by atoms with Gasteiger partial charge >= 0.3 is 0 Å². The Bertz CT molecular complexity index is 1150. The molecule has 0 spiro atoms. The van der Waals surface area contributed by atoms with Crippen LogP contribution < -0.4 is 0 Å². The van der Waals surface area contributed by atoms with Crippen LogP contribution in [0.1, 0.15) is 36.6 Å². The van der Waals surface area contributed by atoms with Crippen molar-refractivity contribution in [2.75, 3.05) is 13.2 Å². The molecular weight excluding hydrogens is 450 g/mol. The number of ether oxygens (including phenoxy) is 1. The molecule has 5 rings (SSSR count). The molecule has 0 bridgehead atoms. The second-order valence-electron chi connectivity index (χ2n) is 9.45. The number of rotatable bonds is 7. The summed E-state index contributed by atoms with van der Waals surface area (Å²) in [6.45, 7) is 2.67. The van der Waals surface area contributed by atoms with E-state index < -0.39 is 11.8 Å². The van der Waals surface area contributed by atoms with E-state index in [9.17, 15) is 19.8 Å². The fraction of sp³-hybridized carbons (Fsp3) is 0.407. The Labute approximate surface area is 203 Å². The van der Waals surface area contributed by atoms with Crippen molar-refractivity contribution < 1.29 is 24.5 Å². The predicted molar refractivity (Wildman–Crippen MR) is 130 cm³/mol. The molecule has 2 saturated heterocycles. The number of carbonyl (C=O) groups is 2. The van der Waals surface area contributed by atoms with E-state index >= 15 is 0 Å². The Morgan fingerprint density at radius 1 is 1.21 bits per heavy atom. The highest BCUT2D eigenvalue weighted by Gasteiger charge is 2.56. The molecule has 178 valence electrons. The number of nitrogens with zero attached hydrogens (tertiary/aromatic N) is 1. The van der Waals surface area contributed by atoms with Crippen molar-refractivity contribution in [3.05, 3.63) is 68.9 Å². The highest BCUT2D eigenvalue weighted by atomic mass is 32.1. The van der Waals surface area contributed by atoms with Gasteiger partial charge in [0.1, 0.15) is 5.75 Å². The van der Waals surface area contributed by atoms with Crippen LogP contribution in [0.3, 0.4) is 0 Å². The van der Waals surface area contributed by atoms with Gasteiger partial charge in [-0.1, -0.05) is 29.8 Å². The smallest absolute Gasteiger partial charge is 0.234 e. The zero-order valence-electron chi connectivity index (χ0n) is 19.1. The van der Waals surface area contributed by atoms with Gasteiger partial charge in [-0.25, -0.2) is 0 Å². The van der Waals surface area contributed by atoms with Crippen molar-refractivity contribution in [3.8, 4) is 5.75 Å². The summed E-state index contributed by atoms with van der Waals surface area (Å²) in [5, 5.41) is 21.8. The minimum Gasteiger partial charge on any atom is -0.508 e. The second kappa shape index (κ2) is 9.49. The van der Waals surface area contributed by atoms with Crippen molar-refractivity contribution in [2.24, 2.45) is 17.8 Å². The molecule has 2 aliphatic heterocycles. The number of likely N-dealkylation sites (tertiary alicyclic amines) is 1. The third-order valence-corrected chi connectivity index (χ3v) is 8.13. The third kappa shape index (κ3) is 4.24. The first-order chi connectivity index (χ1) is 16.5. The quantitative estimate of drug-likeness (QED) is 0.460. The number of aromatic hydroxyl groups is 1. The normalized spacial score (nSPS) is 26.9. The first-order valence-electron chi connectivity index (χ1n) is 11.7. The monoisotopic (exact) mass is 479 g/mol. The van der Waals surface area contributed by atoms with Gasteiger partial charge in [0.05, 0.1) is 37.7 Å². The Hall–Kier alpha value is -2.74. The minimum atomic E-state index is -0.405. The van der Waals surface area contributed by atoms with Crippen LogP contribution in [0.5, 0.6) is 5.75 Å². The van der Waals surface area contributed by atoms with E-state index in [4.69, 9.17) is 4.74 Å². The molecule has 1 aromatic heterocycles. The lowest BCUT2D eigenvalue weighted by Crippen LogP contribution is -2.34. The molecule has 34 heavy (non-hydrogen) atoms. The maximum absolute atomic E-state index is 13.4. The molecule has 2 aromatic rings. The molecule has 0 unspecified atom stereocenters. The minimum absolute atomic E-state index is 0.105. The van der Waals surface area contributed by atoms with Crippen molar-refractivity contribution in [3.63, 3.8) is 0 Å². The molecule has 2 amide bonds. The standard InChI is InChI=1S/C27H29NO5S/c1-16(10-17-4-2-5-19(30)11-17)7-8-23-24-18(14-29)12-21-25(22(24)15-33-23)27(32)28(26(21)31)13-20-6-3-9-34-20/h2-6,9-11,21-23,25,29-30H,7-8,12-15H2,1H3/b16-10+/t21-,22+,23-,25-/m1/s1. The highest BCUT2D eigenvalue weighted by Crippen LogP contribution is 2.50. The first-order valence-corrected chi connectivity index (χ1v) is 12.6. The number of thiophene rings is 1. The summed E-state index contributed by atoms with van der Waals surface area (Å²) in [7, 11) is 0. The first kappa shape index (κ1) is 23.0. The maximum Gasteiger partial charge on any atom is 0.234 e. The molecule has 1 aliphatic carbocycles. The predicted octanol–water partition coefficient (Wildman–Crippen LogP) is 4.15. The number of amides is 2. The van der Waals surface area contributed by atoms with Crippen LogP contribution in [0.4, 0.5) is 0 Å². The van der Waals surface area contributed by atoms with Crippen molar-refractivity contribution in [1.82, 2.24) is 4.90 Å². The van der Waals surface area contributed by atoms with E-state index in [0.29, 0.717) is 19.6 Å². The van der Waals surface area contributed by atoms with Crippen molar-refractivity contribution in [1.29, 1.82) is 0 Å². The van der Waals surface area contributed by atoms with Gasteiger partial charge in [-0.15, -0.1) is 11.3 Å². The Morgan fingerprint density at radius 2 is 2.06 bits per heavy atom. The number of aliphatic hydroxyl groups is 1. The van der Waals surface area contributed by atoms with E-state index in [2.05, 4.69) is 6.92 Å². The van der Waals surface area contributed by atoms with E-state index in [-0.39, 0.29) is 36.2 Å². The molecule has 2 N–H and O–H groups in total. The van der Waals surface area contributed by atoms with Crippen molar-refractivity contribution in [2.45, 2.75) is 38.8 Å². The van der Waals surface area contributed by atoms with Crippen LogP contribution in [-0.4, -0.2) is 46.2 Å². The van der Waals surface area contributed by atoms with Crippen LogP contribution >= 0.6 is 11.3 Å². The molecule has 2 fully saturated rings. The molecule has 3 aliphatic rings. The molecule has 1 aromatic carbocycles. The number of aliphatic hydroxyl groups excluding tert-OH is 1. The fourth-order valence-electron chi connectivity index (χ4n) is 5.73. The van der Waals surface area contributed by atoms with Crippen molar-refractivity contribution >= 4 is 29.2 Å². The summed E-state index contributed by atoms with van der Waals surface area (Å²) < 4.78 is 6.17.